The summed E-state index contributed by atoms with van der Waals surface area (Å²) in [4.78, 5) is 0. The number of aromatic nitrogens is 3. The van der Waals surface area contributed by atoms with E-state index in [1.54, 1.807) is 0 Å². The lowest BCUT2D eigenvalue weighted by atomic mass is 10.2. The van der Waals surface area contributed by atoms with E-state index in [2.05, 4.69) is 20.7 Å². The highest BCUT2D eigenvalue weighted by Crippen LogP contribution is 2.55. The van der Waals surface area contributed by atoms with Gasteiger partial charge in [-0.05, 0) is 31.8 Å². The van der Waals surface area contributed by atoms with Crippen molar-refractivity contribution < 1.29 is 0 Å². The van der Waals surface area contributed by atoms with Gasteiger partial charge in [0.2, 0.25) is 0 Å². The maximum Gasteiger partial charge on any atom is 0.0891 e. The zero-order chi connectivity index (χ0) is 8.13. The van der Waals surface area contributed by atoms with Crippen LogP contribution in [0.4, 0.5) is 0 Å². The molecule has 1 saturated carbocycles. The van der Waals surface area contributed by atoms with Crippen LogP contribution in [0.1, 0.15) is 17.3 Å². The van der Waals surface area contributed by atoms with E-state index >= 15 is 0 Å². The lowest BCUT2D eigenvalue weighted by molar-refractivity contribution is 0.671. The molecule has 1 aromatic rings. The number of H-pyrrole nitrogens is 1. The van der Waals surface area contributed by atoms with Crippen molar-refractivity contribution in [2.75, 3.05) is 13.1 Å². The summed E-state index contributed by atoms with van der Waals surface area (Å²) in [6.07, 6.45) is 0. The molecule has 2 aliphatic rings. The van der Waals surface area contributed by atoms with Gasteiger partial charge in [-0.1, -0.05) is 0 Å². The Labute approximate surface area is 82.9 Å². The van der Waals surface area contributed by atoms with E-state index in [-0.39, 0.29) is 12.4 Å². The van der Waals surface area contributed by atoms with Crippen molar-refractivity contribution >= 4 is 12.4 Å². The normalized spacial score (nSPS) is 35.3. The lowest BCUT2D eigenvalue weighted by Crippen LogP contribution is -2.14. The number of halogens is 1. The second-order valence-corrected chi connectivity index (χ2v) is 3.81. The van der Waals surface area contributed by atoms with Gasteiger partial charge in [-0.3, -0.25) is 0 Å². The van der Waals surface area contributed by atoms with Gasteiger partial charge in [0, 0.05) is 5.92 Å². The molecule has 3 rings (SSSR count). The minimum absolute atomic E-state index is 0. The molecule has 1 aromatic heterocycles. The molecule has 2 fully saturated rings. The summed E-state index contributed by atoms with van der Waals surface area (Å²) in [5.74, 6) is 2.38. The summed E-state index contributed by atoms with van der Waals surface area (Å²) in [6, 6.07) is 0. The van der Waals surface area contributed by atoms with Crippen LogP contribution in [-0.4, -0.2) is 28.5 Å². The summed E-state index contributed by atoms with van der Waals surface area (Å²) < 4.78 is 0. The van der Waals surface area contributed by atoms with Gasteiger partial charge in [0.25, 0.3) is 0 Å². The molecule has 2 unspecified atom stereocenters. The number of hydrogen-bond acceptors (Lipinski definition) is 3. The molecule has 0 radical (unpaired) electrons. The fourth-order valence-corrected chi connectivity index (χ4v) is 2.43. The van der Waals surface area contributed by atoms with Crippen LogP contribution in [0.2, 0.25) is 0 Å². The van der Waals surface area contributed by atoms with Gasteiger partial charge in [-0.25, -0.2) is 0 Å². The molecule has 2 heterocycles. The van der Waals surface area contributed by atoms with Crippen molar-refractivity contribution in [2.24, 2.45) is 11.8 Å². The van der Waals surface area contributed by atoms with Crippen LogP contribution < -0.4 is 5.32 Å². The molecule has 0 aromatic carbocycles. The van der Waals surface area contributed by atoms with Crippen molar-refractivity contribution in [1.82, 2.24) is 20.7 Å². The zero-order valence-corrected chi connectivity index (χ0v) is 8.27. The monoisotopic (exact) mass is 200 g/mol. The summed E-state index contributed by atoms with van der Waals surface area (Å²) >= 11 is 0. The molecule has 4 nitrogen and oxygen atoms in total. The Hall–Kier alpha value is -0.610. The van der Waals surface area contributed by atoms with Gasteiger partial charge in [0.05, 0.1) is 11.4 Å². The molecule has 13 heavy (non-hydrogen) atoms. The highest BCUT2D eigenvalue weighted by Gasteiger charge is 2.55. The molecule has 0 amide bonds. The average Bonchev–Trinajstić information content (AvgIpc) is 2.56. The molecule has 0 spiro atoms. The van der Waals surface area contributed by atoms with Crippen LogP contribution in [0.5, 0.6) is 0 Å². The lowest BCUT2D eigenvalue weighted by Gasteiger charge is -2.00. The van der Waals surface area contributed by atoms with Gasteiger partial charge in [0.1, 0.15) is 0 Å². The Morgan fingerprint density at radius 2 is 1.92 bits per heavy atom. The van der Waals surface area contributed by atoms with Crippen molar-refractivity contribution in [2.45, 2.75) is 12.8 Å². The Balaban J connectivity index is 0.000000653. The largest absolute Gasteiger partial charge is 0.316 e. The van der Waals surface area contributed by atoms with Crippen LogP contribution in [0, 0.1) is 18.8 Å². The highest BCUT2D eigenvalue weighted by molar-refractivity contribution is 5.85. The van der Waals surface area contributed by atoms with E-state index in [0.717, 1.165) is 17.5 Å². The van der Waals surface area contributed by atoms with Crippen molar-refractivity contribution in [3.8, 4) is 0 Å². The zero-order valence-electron chi connectivity index (χ0n) is 7.45. The third-order valence-electron chi connectivity index (χ3n) is 3.17. The first kappa shape index (κ1) is 8.97. The van der Waals surface area contributed by atoms with E-state index in [1.165, 1.54) is 18.8 Å². The minimum Gasteiger partial charge on any atom is -0.316 e. The van der Waals surface area contributed by atoms with Crippen molar-refractivity contribution in [1.29, 1.82) is 0 Å². The molecule has 2 atom stereocenters. The van der Waals surface area contributed by atoms with Gasteiger partial charge in [-0.2, -0.15) is 15.4 Å². The number of aryl methyl sites for hydroxylation is 1. The van der Waals surface area contributed by atoms with Crippen LogP contribution in [0.25, 0.3) is 0 Å². The van der Waals surface area contributed by atoms with Crippen LogP contribution in [-0.2, 0) is 0 Å². The van der Waals surface area contributed by atoms with Crippen LogP contribution in [0.3, 0.4) is 0 Å². The molecule has 2 N–H and O–H groups in total. The molecular weight excluding hydrogens is 188 g/mol. The van der Waals surface area contributed by atoms with E-state index in [4.69, 9.17) is 0 Å². The average molecular weight is 201 g/mol. The van der Waals surface area contributed by atoms with Gasteiger partial charge >= 0.3 is 0 Å². The van der Waals surface area contributed by atoms with E-state index in [9.17, 15) is 0 Å². The molecule has 1 aliphatic heterocycles. The standard InChI is InChI=1S/C8H12N4.ClH/c1-4-8(11-12-10-4)7-5-2-9-3-6(5)7;/h5-7,9H,2-3H2,1H3,(H,10,11,12);1H. The van der Waals surface area contributed by atoms with Gasteiger partial charge in [0.15, 0.2) is 0 Å². The minimum atomic E-state index is 0. The summed E-state index contributed by atoms with van der Waals surface area (Å²) in [7, 11) is 0. The first-order valence-electron chi connectivity index (χ1n) is 4.46. The Kier molecular flexibility index (Phi) is 2.04. The number of hydrogen-bond donors (Lipinski definition) is 2. The first-order chi connectivity index (χ1) is 5.88. The Bertz CT molecular complexity index is 301. The fourth-order valence-electron chi connectivity index (χ4n) is 2.43. The third-order valence-corrected chi connectivity index (χ3v) is 3.17. The maximum absolute atomic E-state index is 4.20. The van der Waals surface area contributed by atoms with Gasteiger partial charge in [-0.15, -0.1) is 12.4 Å². The predicted octanol–water partition coefficient (Wildman–Crippen LogP) is 0.468. The van der Waals surface area contributed by atoms with E-state index in [1.807, 2.05) is 6.92 Å². The number of nitrogens with one attached hydrogen (secondary N) is 2. The summed E-state index contributed by atoms with van der Waals surface area (Å²) in [5, 5.41) is 14.3. The quantitative estimate of drug-likeness (QED) is 0.693. The fraction of sp³-hybridized carbons (Fsp3) is 0.750. The van der Waals surface area contributed by atoms with Gasteiger partial charge < -0.3 is 5.32 Å². The maximum atomic E-state index is 4.20. The smallest absolute Gasteiger partial charge is 0.0891 e. The molecule has 72 valence electrons. The topological polar surface area (TPSA) is 53.6 Å². The number of nitrogens with zero attached hydrogens (tertiary/aromatic N) is 2. The predicted molar refractivity (Wildman–Crippen MR) is 51.0 cm³/mol. The van der Waals surface area contributed by atoms with Crippen LogP contribution >= 0.6 is 12.4 Å². The molecule has 0 bridgehead atoms. The summed E-state index contributed by atoms with van der Waals surface area (Å²) in [6.45, 7) is 4.36. The van der Waals surface area contributed by atoms with Crippen LogP contribution in [0.15, 0.2) is 0 Å². The third kappa shape index (κ3) is 1.16. The Morgan fingerprint density at radius 3 is 2.46 bits per heavy atom. The van der Waals surface area contributed by atoms with Crippen molar-refractivity contribution in [3.05, 3.63) is 11.4 Å². The molecular formula is C8H13ClN4. The molecule has 5 heteroatoms. The number of piperidine rings is 1. The number of rotatable bonds is 1. The second kappa shape index (κ2) is 2.96. The van der Waals surface area contributed by atoms with Crippen molar-refractivity contribution in [3.63, 3.8) is 0 Å². The SMILES string of the molecule is Cc1n[nH]nc1C1C2CNCC21.Cl. The number of aromatic amines is 1. The van der Waals surface area contributed by atoms with E-state index in [0.29, 0.717) is 5.92 Å². The highest BCUT2D eigenvalue weighted by atomic mass is 35.5. The summed E-state index contributed by atoms with van der Waals surface area (Å²) in [5.41, 5.74) is 2.28. The van der Waals surface area contributed by atoms with E-state index < -0.39 is 0 Å². The first-order valence-corrected chi connectivity index (χ1v) is 4.46. The molecule has 1 aliphatic carbocycles. The Morgan fingerprint density at radius 1 is 1.23 bits per heavy atom. The number of fused-ring (bicyclic) bond motifs is 1. The second-order valence-electron chi connectivity index (χ2n) is 3.81. The molecule has 1 saturated heterocycles.